The molecular weight excluding hydrogens is 260 g/mol. The average Bonchev–Trinajstić information content (AvgIpc) is 2.31. The predicted octanol–water partition coefficient (Wildman–Crippen LogP) is -0.715. The first-order valence-electron chi connectivity index (χ1n) is 4.80. The van der Waals surface area contributed by atoms with Crippen LogP contribution in [-0.2, 0) is 23.9 Å². The molecular formula is C10H8N2O7. The minimum Gasteiger partial charge on any atom is -0.481 e. The molecule has 0 bridgehead atoms. The van der Waals surface area contributed by atoms with Gasteiger partial charge in [-0.05, 0) is 0 Å². The normalized spacial score (nSPS) is 12.3. The maximum Gasteiger partial charge on any atom is 0.331 e. The van der Waals surface area contributed by atoms with Crippen LogP contribution >= 0.6 is 0 Å². The first-order chi connectivity index (χ1) is 8.81. The van der Waals surface area contributed by atoms with E-state index in [9.17, 15) is 19.2 Å². The number of hydrogen-bond acceptors (Lipinski definition) is 7. The summed E-state index contributed by atoms with van der Waals surface area (Å²) in [4.78, 5) is 43.1. The van der Waals surface area contributed by atoms with Crippen LogP contribution in [0.15, 0.2) is 0 Å². The molecule has 2 atom stereocenters. The lowest BCUT2D eigenvalue weighted by Crippen LogP contribution is -2.27. The number of carbonyl (C=O) groups is 4. The lowest BCUT2D eigenvalue weighted by molar-refractivity contribution is -0.166. The Balaban J connectivity index is 4.67. The van der Waals surface area contributed by atoms with Gasteiger partial charge in [0.25, 0.3) is 0 Å². The molecule has 0 amide bonds. The smallest absolute Gasteiger partial charge is 0.331 e. The van der Waals surface area contributed by atoms with Crippen LogP contribution in [-0.4, -0.2) is 34.1 Å². The van der Waals surface area contributed by atoms with Crippen molar-refractivity contribution < 1.29 is 34.1 Å². The summed E-state index contributed by atoms with van der Waals surface area (Å²) in [5.74, 6) is -9.16. The molecule has 0 aromatic carbocycles. The molecule has 2 unspecified atom stereocenters. The highest BCUT2D eigenvalue weighted by Gasteiger charge is 2.30. The summed E-state index contributed by atoms with van der Waals surface area (Å²) < 4.78 is 4.11. The van der Waals surface area contributed by atoms with Crippen molar-refractivity contribution in [1.29, 1.82) is 10.5 Å². The zero-order valence-electron chi connectivity index (χ0n) is 9.40. The summed E-state index contributed by atoms with van der Waals surface area (Å²) in [5.41, 5.74) is 0. The highest BCUT2D eigenvalue weighted by molar-refractivity contribution is 5.92. The van der Waals surface area contributed by atoms with Gasteiger partial charge in [0.05, 0.1) is 25.0 Å². The fraction of sp³-hybridized carbons (Fsp3) is 0.400. The van der Waals surface area contributed by atoms with E-state index in [1.54, 1.807) is 0 Å². The van der Waals surface area contributed by atoms with Crippen molar-refractivity contribution in [2.45, 2.75) is 12.8 Å². The van der Waals surface area contributed by atoms with Gasteiger partial charge in [-0.1, -0.05) is 0 Å². The lowest BCUT2D eigenvalue weighted by Gasteiger charge is -2.08. The van der Waals surface area contributed by atoms with Crippen LogP contribution in [0.5, 0.6) is 0 Å². The molecule has 0 spiro atoms. The standard InChI is InChI=1S/C10H8N2O7/c11-3-5(1-7(13)14)9(17)19-10(18)6(4-12)2-8(15)16/h5-6H,1-2H2,(H,13,14)(H,15,16). The minimum absolute atomic E-state index is 0.862. The number of esters is 2. The molecule has 2 N–H and O–H groups in total. The van der Waals surface area contributed by atoms with Gasteiger partial charge in [-0.3, -0.25) is 19.2 Å². The molecule has 0 radical (unpaired) electrons. The Morgan fingerprint density at radius 1 is 0.895 bits per heavy atom. The van der Waals surface area contributed by atoms with Crippen LogP contribution in [0.25, 0.3) is 0 Å². The number of rotatable bonds is 6. The van der Waals surface area contributed by atoms with Crippen LogP contribution in [0.1, 0.15) is 12.8 Å². The molecule has 0 rings (SSSR count). The number of nitrogens with zero attached hydrogens (tertiary/aromatic N) is 2. The number of ether oxygens (including phenoxy) is 1. The fourth-order valence-electron chi connectivity index (χ4n) is 0.954. The van der Waals surface area contributed by atoms with Crippen molar-refractivity contribution in [2.75, 3.05) is 0 Å². The monoisotopic (exact) mass is 268 g/mol. The fourth-order valence-corrected chi connectivity index (χ4v) is 0.954. The number of hydrogen-bond donors (Lipinski definition) is 2. The SMILES string of the molecule is N#CC(CC(=O)O)C(=O)OC(=O)C(C#N)CC(=O)O. The minimum atomic E-state index is -1.70. The first-order valence-corrected chi connectivity index (χ1v) is 4.80. The van der Waals surface area contributed by atoms with Gasteiger partial charge >= 0.3 is 23.9 Å². The van der Waals surface area contributed by atoms with E-state index in [0.29, 0.717) is 0 Å². The molecule has 100 valence electrons. The highest BCUT2D eigenvalue weighted by atomic mass is 16.6. The van der Waals surface area contributed by atoms with Crippen molar-refractivity contribution in [3.8, 4) is 12.1 Å². The average molecular weight is 268 g/mol. The van der Waals surface area contributed by atoms with E-state index < -0.39 is 48.6 Å². The summed E-state index contributed by atoms with van der Waals surface area (Å²) in [7, 11) is 0. The first kappa shape index (κ1) is 16.1. The van der Waals surface area contributed by atoms with E-state index in [0.717, 1.165) is 0 Å². The van der Waals surface area contributed by atoms with Gasteiger partial charge in [0.1, 0.15) is 0 Å². The third-order valence-corrected chi connectivity index (χ3v) is 1.84. The Kier molecular flexibility index (Phi) is 6.25. The van der Waals surface area contributed by atoms with Crippen LogP contribution in [0.2, 0.25) is 0 Å². The van der Waals surface area contributed by atoms with Gasteiger partial charge in [0.15, 0.2) is 11.8 Å². The van der Waals surface area contributed by atoms with E-state index >= 15 is 0 Å². The maximum atomic E-state index is 11.2. The number of carboxylic acid groups (broad SMARTS) is 2. The highest BCUT2D eigenvalue weighted by Crippen LogP contribution is 2.09. The maximum absolute atomic E-state index is 11.2. The summed E-state index contributed by atoms with van der Waals surface area (Å²) in [5, 5.41) is 33.8. The lowest BCUT2D eigenvalue weighted by atomic mass is 10.1. The number of carbonyl (C=O) groups excluding carboxylic acids is 2. The molecule has 9 nitrogen and oxygen atoms in total. The topological polar surface area (TPSA) is 166 Å². The van der Waals surface area contributed by atoms with Crippen molar-refractivity contribution >= 4 is 23.9 Å². The Labute approximate surface area is 106 Å². The van der Waals surface area contributed by atoms with Crippen LogP contribution in [0.3, 0.4) is 0 Å². The van der Waals surface area contributed by atoms with Gasteiger partial charge in [-0.25, -0.2) is 0 Å². The molecule has 0 aliphatic rings. The zero-order chi connectivity index (χ0) is 15.0. The molecule has 9 heteroatoms. The van der Waals surface area contributed by atoms with E-state index in [1.807, 2.05) is 0 Å². The van der Waals surface area contributed by atoms with Gasteiger partial charge < -0.3 is 14.9 Å². The molecule has 0 aromatic rings. The molecule has 0 aliphatic carbocycles. The third-order valence-electron chi connectivity index (χ3n) is 1.84. The summed E-state index contributed by atoms with van der Waals surface area (Å²) >= 11 is 0. The number of carboxylic acids is 2. The van der Waals surface area contributed by atoms with Crippen LogP contribution in [0, 0.1) is 34.5 Å². The Hall–Kier alpha value is -2.94. The van der Waals surface area contributed by atoms with Crippen molar-refractivity contribution in [3.63, 3.8) is 0 Å². The van der Waals surface area contributed by atoms with Gasteiger partial charge in [0.2, 0.25) is 0 Å². The molecule has 0 heterocycles. The molecule has 0 aromatic heterocycles. The Morgan fingerprint density at radius 2 is 1.21 bits per heavy atom. The second kappa shape index (κ2) is 7.40. The summed E-state index contributed by atoms with van der Waals surface area (Å²) in [6.45, 7) is 0. The van der Waals surface area contributed by atoms with E-state index in [1.165, 1.54) is 12.1 Å². The van der Waals surface area contributed by atoms with Crippen molar-refractivity contribution in [2.24, 2.45) is 11.8 Å². The second-order valence-electron chi connectivity index (χ2n) is 3.30. The number of aliphatic carboxylic acids is 2. The van der Waals surface area contributed by atoms with E-state index in [-0.39, 0.29) is 0 Å². The summed E-state index contributed by atoms with van der Waals surface area (Å²) in [6, 6.07) is 2.66. The second-order valence-corrected chi connectivity index (χ2v) is 3.30. The predicted molar refractivity (Wildman–Crippen MR) is 53.8 cm³/mol. The van der Waals surface area contributed by atoms with E-state index in [2.05, 4.69) is 4.74 Å². The molecule has 0 saturated carbocycles. The molecule has 0 fully saturated rings. The quantitative estimate of drug-likeness (QED) is 0.466. The van der Waals surface area contributed by atoms with Gasteiger partial charge in [0, 0.05) is 0 Å². The zero-order valence-corrected chi connectivity index (χ0v) is 9.40. The Bertz CT molecular complexity index is 441. The summed E-state index contributed by atoms with van der Waals surface area (Å²) in [6.07, 6.45) is -1.72. The van der Waals surface area contributed by atoms with Crippen molar-refractivity contribution in [1.82, 2.24) is 0 Å². The third kappa shape index (κ3) is 5.79. The van der Waals surface area contributed by atoms with Crippen LogP contribution in [0.4, 0.5) is 0 Å². The van der Waals surface area contributed by atoms with E-state index in [4.69, 9.17) is 20.7 Å². The van der Waals surface area contributed by atoms with Crippen LogP contribution < -0.4 is 0 Å². The number of nitriles is 2. The van der Waals surface area contributed by atoms with Crippen molar-refractivity contribution in [3.05, 3.63) is 0 Å². The Morgan fingerprint density at radius 3 is 1.42 bits per heavy atom. The molecule has 0 aliphatic heterocycles. The molecule has 0 saturated heterocycles. The van der Waals surface area contributed by atoms with Gasteiger partial charge in [-0.15, -0.1) is 0 Å². The van der Waals surface area contributed by atoms with Gasteiger partial charge in [-0.2, -0.15) is 10.5 Å². The molecule has 19 heavy (non-hydrogen) atoms. The largest absolute Gasteiger partial charge is 0.481 e.